The average molecular weight is 449 g/mol. The van der Waals surface area contributed by atoms with Gasteiger partial charge in [0.1, 0.15) is 6.17 Å². The third-order valence-corrected chi connectivity index (χ3v) is 5.84. The van der Waals surface area contributed by atoms with E-state index < -0.39 is 11.7 Å². The van der Waals surface area contributed by atoms with Crippen molar-refractivity contribution in [1.29, 1.82) is 0 Å². The third kappa shape index (κ3) is 3.41. The van der Waals surface area contributed by atoms with Gasteiger partial charge in [0.15, 0.2) is 5.13 Å². The Bertz CT molecular complexity index is 838. The van der Waals surface area contributed by atoms with Crippen LogP contribution in [0.2, 0.25) is 0 Å². The van der Waals surface area contributed by atoms with Gasteiger partial charge in [-0.05, 0) is 31.0 Å². The molecule has 0 radical (unpaired) electrons. The normalized spacial score (nSPS) is 21.2. The zero-order valence-corrected chi connectivity index (χ0v) is 16.0. The van der Waals surface area contributed by atoms with E-state index in [1.807, 2.05) is 0 Å². The number of hydrogen-bond donors (Lipinski definition) is 1. The standard InChI is InChI=1S/C16H16BrF3N4OS/c17-5-6-23-8-13(21-10-2-3-10)24(15(23)25)14-22-11-7-9(16(18,19)20)1-4-12(11)26-14/h1,4,7,10,13,21H,2-3,5-6,8H2. The van der Waals surface area contributed by atoms with Crippen molar-refractivity contribution in [3.63, 3.8) is 0 Å². The van der Waals surface area contributed by atoms with Crippen molar-refractivity contribution < 1.29 is 18.0 Å². The Kier molecular flexibility index (Phi) is 4.60. The Morgan fingerprint density at radius 2 is 2.12 bits per heavy atom. The minimum Gasteiger partial charge on any atom is -0.320 e. The van der Waals surface area contributed by atoms with Gasteiger partial charge in [0, 0.05) is 17.9 Å². The molecule has 1 aliphatic carbocycles. The van der Waals surface area contributed by atoms with E-state index in [2.05, 4.69) is 26.2 Å². The molecule has 1 unspecified atom stereocenters. The van der Waals surface area contributed by atoms with Crippen molar-refractivity contribution in [3.8, 4) is 0 Å². The first-order valence-electron chi connectivity index (χ1n) is 8.25. The quantitative estimate of drug-likeness (QED) is 0.702. The van der Waals surface area contributed by atoms with Gasteiger partial charge in [-0.2, -0.15) is 13.2 Å². The van der Waals surface area contributed by atoms with E-state index in [1.165, 1.54) is 17.4 Å². The maximum absolute atomic E-state index is 12.9. The summed E-state index contributed by atoms with van der Waals surface area (Å²) in [6, 6.07) is 3.73. The molecule has 1 N–H and O–H groups in total. The number of urea groups is 1. The third-order valence-electron chi connectivity index (χ3n) is 4.45. The number of carbonyl (C=O) groups is 1. The summed E-state index contributed by atoms with van der Waals surface area (Å²) in [4.78, 5) is 20.4. The molecular formula is C16H16BrF3N4OS. The van der Waals surface area contributed by atoms with Gasteiger partial charge in [0.05, 0.1) is 22.3 Å². The summed E-state index contributed by atoms with van der Waals surface area (Å²) >= 11 is 4.59. The minimum atomic E-state index is -4.41. The molecule has 140 valence electrons. The molecule has 1 saturated heterocycles. The fourth-order valence-electron chi connectivity index (χ4n) is 3.00. The molecule has 0 spiro atoms. The highest BCUT2D eigenvalue weighted by molar-refractivity contribution is 9.09. The molecular weight excluding hydrogens is 433 g/mol. The fraction of sp³-hybridized carbons (Fsp3) is 0.500. The molecule has 1 atom stereocenters. The van der Waals surface area contributed by atoms with Crippen molar-refractivity contribution in [2.45, 2.75) is 31.2 Å². The lowest BCUT2D eigenvalue weighted by Crippen LogP contribution is -2.45. The zero-order chi connectivity index (χ0) is 18.5. The molecule has 10 heteroatoms. The van der Waals surface area contributed by atoms with E-state index in [9.17, 15) is 18.0 Å². The molecule has 2 aliphatic rings. The zero-order valence-electron chi connectivity index (χ0n) is 13.6. The maximum atomic E-state index is 12.9. The van der Waals surface area contributed by atoms with Crippen LogP contribution in [0.3, 0.4) is 0 Å². The van der Waals surface area contributed by atoms with Gasteiger partial charge in [0.25, 0.3) is 0 Å². The second-order valence-electron chi connectivity index (χ2n) is 6.42. The number of amides is 2. The van der Waals surface area contributed by atoms with Crippen molar-refractivity contribution in [1.82, 2.24) is 15.2 Å². The number of anilines is 1. The first-order valence-corrected chi connectivity index (χ1v) is 10.2. The highest BCUT2D eigenvalue weighted by atomic mass is 79.9. The second kappa shape index (κ2) is 6.65. The highest BCUT2D eigenvalue weighted by Crippen LogP contribution is 2.37. The molecule has 2 amide bonds. The van der Waals surface area contributed by atoms with E-state index in [-0.39, 0.29) is 17.7 Å². The van der Waals surface area contributed by atoms with E-state index in [4.69, 9.17) is 0 Å². The molecule has 4 rings (SSSR count). The Morgan fingerprint density at radius 1 is 1.35 bits per heavy atom. The number of hydrogen-bond acceptors (Lipinski definition) is 4. The number of rotatable bonds is 5. The highest BCUT2D eigenvalue weighted by Gasteiger charge is 2.42. The molecule has 5 nitrogen and oxygen atoms in total. The summed E-state index contributed by atoms with van der Waals surface area (Å²) in [5.41, 5.74) is -0.472. The summed E-state index contributed by atoms with van der Waals surface area (Å²) in [5, 5.41) is 4.53. The Balaban J connectivity index is 1.67. The molecule has 2 heterocycles. The fourth-order valence-corrected chi connectivity index (χ4v) is 4.42. The van der Waals surface area contributed by atoms with Crippen molar-refractivity contribution in [2.75, 3.05) is 23.3 Å². The van der Waals surface area contributed by atoms with Crippen LogP contribution in [0, 0.1) is 0 Å². The summed E-state index contributed by atoms with van der Waals surface area (Å²) in [6.45, 7) is 1.10. The molecule has 2 aromatic rings. The molecule has 1 aromatic heterocycles. The number of fused-ring (bicyclic) bond motifs is 1. The lowest BCUT2D eigenvalue weighted by molar-refractivity contribution is -0.137. The summed E-state index contributed by atoms with van der Waals surface area (Å²) in [6.07, 6.45) is -2.47. The summed E-state index contributed by atoms with van der Waals surface area (Å²) in [5.74, 6) is 0. The van der Waals surface area contributed by atoms with Gasteiger partial charge in [-0.15, -0.1) is 0 Å². The lowest BCUT2D eigenvalue weighted by atomic mass is 10.2. The molecule has 26 heavy (non-hydrogen) atoms. The number of carbonyl (C=O) groups excluding carboxylic acids is 1. The second-order valence-corrected chi connectivity index (χ2v) is 8.22. The van der Waals surface area contributed by atoms with Crippen LogP contribution in [0.1, 0.15) is 18.4 Å². The lowest BCUT2D eigenvalue weighted by Gasteiger charge is -2.21. The maximum Gasteiger partial charge on any atom is 0.416 e. The molecule has 1 aromatic carbocycles. The largest absolute Gasteiger partial charge is 0.416 e. The SMILES string of the molecule is O=C1N(CCBr)CC(NC2CC2)N1c1nc2cc(C(F)(F)F)ccc2s1. The van der Waals surface area contributed by atoms with Crippen LogP contribution in [-0.4, -0.2) is 46.5 Å². The van der Waals surface area contributed by atoms with Crippen LogP contribution in [0.25, 0.3) is 10.2 Å². The van der Waals surface area contributed by atoms with E-state index in [0.29, 0.717) is 34.3 Å². The number of nitrogens with one attached hydrogen (secondary N) is 1. The molecule has 0 bridgehead atoms. The van der Waals surface area contributed by atoms with Crippen LogP contribution >= 0.6 is 27.3 Å². The van der Waals surface area contributed by atoms with Crippen molar-refractivity contribution in [3.05, 3.63) is 23.8 Å². The van der Waals surface area contributed by atoms with Crippen LogP contribution in [0.4, 0.5) is 23.1 Å². The van der Waals surface area contributed by atoms with E-state index in [1.54, 1.807) is 9.80 Å². The van der Waals surface area contributed by atoms with Gasteiger partial charge in [-0.25, -0.2) is 9.78 Å². The van der Waals surface area contributed by atoms with E-state index in [0.717, 1.165) is 25.0 Å². The van der Waals surface area contributed by atoms with Gasteiger partial charge >= 0.3 is 12.2 Å². The van der Waals surface area contributed by atoms with Gasteiger partial charge in [0.2, 0.25) is 0 Å². The summed E-state index contributed by atoms with van der Waals surface area (Å²) < 4.78 is 39.4. The smallest absolute Gasteiger partial charge is 0.320 e. The predicted octanol–water partition coefficient (Wildman–Crippen LogP) is 4.03. The van der Waals surface area contributed by atoms with Crippen molar-refractivity contribution in [2.24, 2.45) is 0 Å². The Hall–Kier alpha value is -1.39. The molecule has 1 aliphatic heterocycles. The first kappa shape index (κ1) is 18.0. The van der Waals surface area contributed by atoms with Crippen LogP contribution in [-0.2, 0) is 6.18 Å². The van der Waals surface area contributed by atoms with Gasteiger partial charge in [-0.3, -0.25) is 10.2 Å². The monoisotopic (exact) mass is 448 g/mol. The van der Waals surface area contributed by atoms with Crippen LogP contribution in [0.5, 0.6) is 0 Å². The number of aromatic nitrogens is 1. The van der Waals surface area contributed by atoms with Gasteiger partial charge < -0.3 is 4.90 Å². The number of thiazole rings is 1. The number of alkyl halides is 4. The summed E-state index contributed by atoms with van der Waals surface area (Å²) in [7, 11) is 0. The first-order chi connectivity index (χ1) is 12.4. The van der Waals surface area contributed by atoms with Gasteiger partial charge in [-0.1, -0.05) is 27.3 Å². The molecule has 1 saturated carbocycles. The topological polar surface area (TPSA) is 48.5 Å². The number of benzene rings is 1. The predicted molar refractivity (Wildman–Crippen MR) is 97.8 cm³/mol. The molecule has 2 fully saturated rings. The number of nitrogens with zero attached hydrogens (tertiary/aromatic N) is 3. The number of halogens is 4. The van der Waals surface area contributed by atoms with E-state index >= 15 is 0 Å². The van der Waals surface area contributed by atoms with Crippen LogP contribution < -0.4 is 10.2 Å². The average Bonchev–Trinajstić information content (AvgIpc) is 3.20. The van der Waals surface area contributed by atoms with Crippen molar-refractivity contribution >= 4 is 48.6 Å². The van der Waals surface area contributed by atoms with Crippen LogP contribution in [0.15, 0.2) is 18.2 Å². The minimum absolute atomic E-state index is 0.169. The Morgan fingerprint density at radius 3 is 2.77 bits per heavy atom. The Labute approximate surface area is 160 Å².